The van der Waals surface area contributed by atoms with Gasteiger partial charge in [0, 0.05) is 12.0 Å². The molecule has 2 bridgehead atoms. The lowest BCUT2D eigenvalue weighted by atomic mass is 9.97. The number of halogens is 2. The van der Waals surface area contributed by atoms with Crippen LogP contribution in [0.15, 0.2) is 0 Å². The van der Waals surface area contributed by atoms with Gasteiger partial charge in [-0.1, -0.05) is 0 Å². The summed E-state index contributed by atoms with van der Waals surface area (Å²) < 4.78 is 5.30. The lowest BCUT2D eigenvalue weighted by Gasteiger charge is -2.28. The summed E-state index contributed by atoms with van der Waals surface area (Å²) in [6, 6.07) is 0. The smallest absolute Gasteiger partial charge is 0.0780 e. The van der Waals surface area contributed by atoms with Crippen LogP contribution in [0.1, 0.15) is 25.7 Å². The van der Waals surface area contributed by atoms with E-state index in [1.165, 1.54) is 0 Å². The Morgan fingerprint density at radius 3 is 2.36 bits per heavy atom. The van der Waals surface area contributed by atoms with Gasteiger partial charge in [0.05, 0.1) is 11.0 Å². The molecule has 0 N–H and O–H groups in total. The normalized spacial score (nSPS) is 55.4. The van der Waals surface area contributed by atoms with Gasteiger partial charge in [0.15, 0.2) is 0 Å². The fourth-order valence-corrected chi connectivity index (χ4v) is 3.45. The third kappa shape index (κ3) is 1.09. The van der Waals surface area contributed by atoms with Crippen molar-refractivity contribution in [1.82, 2.24) is 0 Å². The first-order chi connectivity index (χ1) is 5.08. The molecule has 0 aromatic rings. The number of ether oxygens (including phenoxy) is 1. The van der Waals surface area contributed by atoms with Crippen LogP contribution in [-0.2, 0) is 4.74 Å². The van der Waals surface area contributed by atoms with Crippen molar-refractivity contribution >= 4 is 23.2 Å². The van der Waals surface area contributed by atoms with Crippen molar-refractivity contribution in [3.63, 3.8) is 0 Å². The summed E-state index contributed by atoms with van der Waals surface area (Å²) in [6.07, 6.45) is 4.08. The molecular weight excluding hydrogens is 183 g/mol. The minimum Gasteiger partial charge on any atom is -0.380 e. The van der Waals surface area contributed by atoms with Crippen LogP contribution in [0.5, 0.6) is 0 Å². The molecule has 3 heteroatoms. The van der Waals surface area contributed by atoms with Crippen LogP contribution in [0.4, 0.5) is 0 Å². The van der Waals surface area contributed by atoms with Crippen LogP contribution in [0.3, 0.4) is 0 Å². The maximum Gasteiger partial charge on any atom is 0.0780 e. The Kier molecular flexibility index (Phi) is 1.69. The largest absolute Gasteiger partial charge is 0.380 e. The third-order valence-electron chi connectivity index (χ3n) is 3.01. The number of hydrogen-bond donors (Lipinski definition) is 0. The summed E-state index contributed by atoms with van der Waals surface area (Å²) in [5.74, 6) is 0. The average Bonchev–Trinajstić information content (AvgIpc) is 2.36. The summed E-state index contributed by atoms with van der Waals surface area (Å²) in [6.45, 7) is 0. The first-order valence-corrected chi connectivity index (χ1v) is 4.74. The zero-order valence-corrected chi connectivity index (χ0v) is 8.08. The lowest BCUT2D eigenvalue weighted by molar-refractivity contribution is 0.0693. The van der Waals surface area contributed by atoms with Gasteiger partial charge in [-0.05, 0) is 25.7 Å². The maximum atomic E-state index is 6.34. The van der Waals surface area contributed by atoms with E-state index in [0.29, 0.717) is 0 Å². The molecule has 11 heavy (non-hydrogen) atoms. The van der Waals surface area contributed by atoms with Crippen LogP contribution in [-0.4, -0.2) is 23.0 Å². The second-order valence-corrected chi connectivity index (χ2v) is 5.35. The van der Waals surface area contributed by atoms with Gasteiger partial charge in [0.2, 0.25) is 0 Å². The van der Waals surface area contributed by atoms with E-state index in [-0.39, 0.29) is 15.9 Å². The van der Waals surface area contributed by atoms with E-state index in [1.54, 1.807) is 7.11 Å². The van der Waals surface area contributed by atoms with Gasteiger partial charge in [0.25, 0.3) is 0 Å². The molecule has 2 rings (SSSR count). The van der Waals surface area contributed by atoms with E-state index in [4.69, 9.17) is 27.9 Å². The zero-order valence-electron chi connectivity index (χ0n) is 6.57. The molecule has 2 saturated carbocycles. The number of methoxy groups -OCH3 is 1. The third-order valence-corrected chi connectivity index (χ3v) is 4.06. The summed E-state index contributed by atoms with van der Waals surface area (Å²) in [4.78, 5) is -0.182. The lowest BCUT2D eigenvalue weighted by Crippen LogP contribution is -2.33. The highest BCUT2D eigenvalue weighted by molar-refractivity contribution is 6.29. The topological polar surface area (TPSA) is 9.23 Å². The van der Waals surface area contributed by atoms with Crippen LogP contribution in [0.2, 0.25) is 0 Å². The van der Waals surface area contributed by atoms with E-state index in [0.717, 1.165) is 25.7 Å². The number of fused-ring (bicyclic) bond motifs is 2. The van der Waals surface area contributed by atoms with E-state index in [2.05, 4.69) is 0 Å². The summed E-state index contributed by atoms with van der Waals surface area (Å²) in [7, 11) is 1.72. The summed E-state index contributed by atoms with van der Waals surface area (Å²) in [5.41, 5.74) is 0. The summed E-state index contributed by atoms with van der Waals surface area (Å²) >= 11 is 12.6. The van der Waals surface area contributed by atoms with Crippen LogP contribution < -0.4 is 0 Å². The standard InChI is InChI=1S/C8H12Cl2O/c1-11-6-4-7(9)2-3-8(6,10)5-7/h6H,2-5H2,1H3/t6-,7-,8-/m1/s1. The van der Waals surface area contributed by atoms with Crippen molar-refractivity contribution in [1.29, 1.82) is 0 Å². The van der Waals surface area contributed by atoms with Crippen molar-refractivity contribution in [2.75, 3.05) is 7.11 Å². The van der Waals surface area contributed by atoms with Gasteiger partial charge in [-0.25, -0.2) is 0 Å². The van der Waals surface area contributed by atoms with Gasteiger partial charge in [0.1, 0.15) is 0 Å². The molecule has 0 amide bonds. The molecule has 0 radical (unpaired) electrons. The first-order valence-electron chi connectivity index (χ1n) is 3.99. The van der Waals surface area contributed by atoms with Crippen molar-refractivity contribution in [3.8, 4) is 0 Å². The highest BCUT2D eigenvalue weighted by Gasteiger charge is 2.58. The van der Waals surface area contributed by atoms with Crippen molar-refractivity contribution < 1.29 is 4.74 Å². The number of alkyl halides is 2. The molecular formula is C8H12Cl2O. The Morgan fingerprint density at radius 2 is 2.09 bits per heavy atom. The van der Waals surface area contributed by atoms with Gasteiger partial charge in [-0.3, -0.25) is 0 Å². The van der Waals surface area contributed by atoms with Crippen molar-refractivity contribution in [2.45, 2.75) is 41.5 Å². The molecule has 3 atom stereocenters. The van der Waals surface area contributed by atoms with E-state index >= 15 is 0 Å². The minimum atomic E-state index is -0.142. The van der Waals surface area contributed by atoms with E-state index < -0.39 is 0 Å². The van der Waals surface area contributed by atoms with Crippen LogP contribution in [0.25, 0.3) is 0 Å². The second kappa shape index (κ2) is 2.27. The number of hydrogen-bond acceptors (Lipinski definition) is 1. The van der Waals surface area contributed by atoms with Gasteiger partial charge < -0.3 is 4.74 Å². The molecule has 2 aliphatic rings. The highest BCUT2D eigenvalue weighted by Crippen LogP contribution is 2.58. The number of rotatable bonds is 1. The Bertz CT molecular complexity index is 185. The molecule has 0 aromatic heterocycles. The summed E-state index contributed by atoms with van der Waals surface area (Å²) in [5, 5.41) is 0. The molecule has 64 valence electrons. The second-order valence-electron chi connectivity index (χ2n) is 3.79. The maximum absolute atomic E-state index is 6.34. The molecule has 0 aliphatic heterocycles. The van der Waals surface area contributed by atoms with E-state index in [1.807, 2.05) is 0 Å². The molecule has 1 nitrogen and oxygen atoms in total. The first kappa shape index (κ1) is 8.15. The van der Waals surface area contributed by atoms with Gasteiger partial charge >= 0.3 is 0 Å². The Morgan fingerprint density at radius 1 is 1.36 bits per heavy atom. The highest BCUT2D eigenvalue weighted by atomic mass is 35.5. The predicted molar refractivity (Wildman–Crippen MR) is 46.4 cm³/mol. The monoisotopic (exact) mass is 194 g/mol. The van der Waals surface area contributed by atoms with Gasteiger partial charge in [-0.15, -0.1) is 23.2 Å². The van der Waals surface area contributed by atoms with Crippen molar-refractivity contribution in [3.05, 3.63) is 0 Å². The Hall–Kier alpha value is 0.540. The fraction of sp³-hybridized carbons (Fsp3) is 1.00. The molecule has 2 aliphatic carbocycles. The Balaban J connectivity index is 2.22. The average molecular weight is 195 g/mol. The fourth-order valence-electron chi connectivity index (χ4n) is 2.39. The predicted octanol–water partition coefficient (Wildman–Crippen LogP) is 2.54. The molecule has 0 spiro atoms. The SMILES string of the molecule is CO[C@@H]1C[C@]2(Cl)CC[C@@]1(Cl)C2. The van der Waals surface area contributed by atoms with Crippen LogP contribution >= 0.6 is 23.2 Å². The van der Waals surface area contributed by atoms with Crippen LogP contribution in [0, 0.1) is 0 Å². The molecule has 0 heterocycles. The van der Waals surface area contributed by atoms with E-state index in [9.17, 15) is 0 Å². The molecule has 0 saturated heterocycles. The van der Waals surface area contributed by atoms with Gasteiger partial charge in [-0.2, -0.15) is 0 Å². The Labute approximate surface area is 77.0 Å². The minimum absolute atomic E-state index is 0.0393. The molecule has 2 fully saturated rings. The van der Waals surface area contributed by atoms with Crippen molar-refractivity contribution in [2.24, 2.45) is 0 Å². The molecule has 0 unspecified atom stereocenters. The molecule has 0 aromatic carbocycles. The quantitative estimate of drug-likeness (QED) is 0.584. The zero-order chi connectivity index (χ0) is 8.11.